The molecule has 3 heteroatoms. The van der Waals surface area contributed by atoms with Crippen LogP contribution in [0.2, 0.25) is 0 Å². The molecule has 0 bridgehead atoms. The molecule has 62 valence electrons. The van der Waals surface area contributed by atoms with Gasteiger partial charge in [-0.3, -0.25) is 4.79 Å². The van der Waals surface area contributed by atoms with Gasteiger partial charge in [0.2, 0.25) is 0 Å². The summed E-state index contributed by atoms with van der Waals surface area (Å²) in [7, 11) is 0. The van der Waals surface area contributed by atoms with E-state index in [4.69, 9.17) is 5.11 Å². The zero-order valence-corrected chi connectivity index (χ0v) is 6.54. The Bertz CT molecular complexity index is 184. The molecule has 1 atom stereocenters. The SMILES string of the molecule is CC(=O)OC/C=C1/CCC1O. The van der Waals surface area contributed by atoms with Crippen LogP contribution in [0.4, 0.5) is 0 Å². The molecule has 0 aromatic carbocycles. The topological polar surface area (TPSA) is 46.5 Å². The number of rotatable bonds is 2. The Labute approximate surface area is 65.7 Å². The van der Waals surface area contributed by atoms with Gasteiger partial charge in [0.05, 0.1) is 6.10 Å². The quantitative estimate of drug-likeness (QED) is 0.471. The van der Waals surface area contributed by atoms with Gasteiger partial charge in [0.25, 0.3) is 0 Å². The predicted octanol–water partition coefficient (Wildman–Crippen LogP) is 0.631. The molecule has 1 saturated carbocycles. The van der Waals surface area contributed by atoms with Crippen molar-refractivity contribution >= 4 is 5.97 Å². The molecule has 0 aliphatic heterocycles. The van der Waals surface area contributed by atoms with E-state index in [0.717, 1.165) is 18.4 Å². The highest BCUT2D eigenvalue weighted by Gasteiger charge is 2.20. The van der Waals surface area contributed by atoms with Crippen molar-refractivity contribution in [3.8, 4) is 0 Å². The Balaban J connectivity index is 2.19. The van der Waals surface area contributed by atoms with Gasteiger partial charge in [0.1, 0.15) is 6.61 Å². The van der Waals surface area contributed by atoms with Crippen molar-refractivity contribution in [2.24, 2.45) is 0 Å². The largest absolute Gasteiger partial charge is 0.462 e. The molecule has 1 aliphatic carbocycles. The minimum absolute atomic E-state index is 0.282. The van der Waals surface area contributed by atoms with Gasteiger partial charge in [-0.05, 0) is 24.5 Å². The molecule has 1 rings (SSSR count). The third kappa shape index (κ3) is 2.35. The van der Waals surface area contributed by atoms with Crippen LogP contribution in [0.15, 0.2) is 11.6 Å². The Morgan fingerprint density at radius 2 is 2.64 bits per heavy atom. The van der Waals surface area contributed by atoms with E-state index >= 15 is 0 Å². The fraction of sp³-hybridized carbons (Fsp3) is 0.625. The molecule has 0 saturated heterocycles. The smallest absolute Gasteiger partial charge is 0.302 e. The van der Waals surface area contributed by atoms with Crippen molar-refractivity contribution in [1.29, 1.82) is 0 Å². The fourth-order valence-electron chi connectivity index (χ4n) is 0.944. The highest BCUT2D eigenvalue weighted by molar-refractivity contribution is 5.66. The summed E-state index contributed by atoms with van der Waals surface area (Å²) < 4.78 is 4.67. The van der Waals surface area contributed by atoms with Gasteiger partial charge in [0.15, 0.2) is 0 Å². The average Bonchev–Trinajstić information content (AvgIpc) is 1.94. The Morgan fingerprint density at radius 1 is 1.91 bits per heavy atom. The Hall–Kier alpha value is -0.830. The molecule has 3 nitrogen and oxygen atoms in total. The standard InChI is InChI=1S/C8H12O3/c1-6(9)11-5-4-7-2-3-8(7)10/h4,8,10H,2-3,5H2,1H3/b7-4-. The summed E-state index contributed by atoms with van der Waals surface area (Å²) in [5, 5.41) is 9.06. The summed E-state index contributed by atoms with van der Waals surface area (Å²) in [5.41, 5.74) is 0.992. The van der Waals surface area contributed by atoms with Gasteiger partial charge in [0, 0.05) is 6.92 Å². The summed E-state index contributed by atoms with van der Waals surface area (Å²) in [6.45, 7) is 1.66. The Kier molecular flexibility index (Phi) is 2.65. The molecule has 0 aromatic rings. The van der Waals surface area contributed by atoms with E-state index in [1.807, 2.05) is 0 Å². The number of hydrogen-bond acceptors (Lipinski definition) is 3. The van der Waals surface area contributed by atoms with E-state index in [2.05, 4.69) is 4.74 Å². The van der Waals surface area contributed by atoms with Gasteiger partial charge in [-0.15, -0.1) is 0 Å². The van der Waals surface area contributed by atoms with Crippen LogP contribution < -0.4 is 0 Å². The molecule has 1 fully saturated rings. The molecule has 0 spiro atoms. The molecule has 1 aliphatic rings. The molecule has 11 heavy (non-hydrogen) atoms. The second-order valence-electron chi connectivity index (χ2n) is 2.64. The van der Waals surface area contributed by atoms with Crippen molar-refractivity contribution in [1.82, 2.24) is 0 Å². The van der Waals surface area contributed by atoms with Gasteiger partial charge in [-0.1, -0.05) is 0 Å². The van der Waals surface area contributed by atoms with E-state index in [0.29, 0.717) is 6.61 Å². The highest BCUT2D eigenvalue weighted by atomic mass is 16.5. The van der Waals surface area contributed by atoms with Crippen LogP contribution in [0, 0.1) is 0 Å². The lowest BCUT2D eigenvalue weighted by Crippen LogP contribution is -2.21. The second kappa shape index (κ2) is 3.53. The summed E-state index contributed by atoms with van der Waals surface area (Å²) in [6, 6.07) is 0. The van der Waals surface area contributed by atoms with Crippen molar-refractivity contribution in [3.63, 3.8) is 0 Å². The number of carbonyl (C=O) groups excluding carboxylic acids is 1. The lowest BCUT2D eigenvalue weighted by Gasteiger charge is -2.24. The van der Waals surface area contributed by atoms with Crippen LogP contribution in [0.1, 0.15) is 19.8 Å². The highest BCUT2D eigenvalue weighted by Crippen LogP contribution is 2.25. The zero-order chi connectivity index (χ0) is 8.27. The molecule has 0 radical (unpaired) electrons. The first kappa shape index (κ1) is 8.27. The minimum Gasteiger partial charge on any atom is -0.462 e. The van der Waals surface area contributed by atoms with Crippen molar-refractivity contribution < 1.29 is 14.6 Å². The second-order valence-corrected chi connectivity index (χ2v) is 2.64. The molecular weight excluding hydrogens is 144 g/mol. The van der Waals surface area contributed by atoms with Crippen LogP contribution in [-0.2, 0) is 9.53 Å². The lowest BCUT2D eigenvalue weighted by molar-refractivity contribution is -0.139. The van der Waals surface area contributed by atoms with Crippen LogP contribution >= 0.6 is 0 Å². The Morgan fingerprint density at radius 3 is 3.00 bits per heavy atom. The predicted molar refractivity (Wildman–Crippen MR) is 40.0 cm³/mol. The average molecular weight is 156 g/mol. The van der Waals surface area contributed by atoms with E-state index in [-0.39, 0.29) is 12.1 Å². The molecular formula is C8H12O3. The monoisotopic (exact) mass is 156 g/mol. The summed E-state index contributed by atoms with van der Waals surface area (Å²) >= 11 is 0. The number of esters is 1. The first-order valence-corrected chi connectivity index (χ1v) is 3.70. The minimum atomic E-state index is -0.287. The first-order chi connectivity index (χ1) is 5.20. The van der Waals surface area contributed by atoms with E-state index in [1.54, 1.807) is 6.08 Å². The van der Waals surface area contributed by atoms with Crippen LogP contribution in [0.3, 0.4) is 0 Å². The number of hydrogen-bond donors (Lipinski definition) is 1. The zero-order valence-electron chi connectivity index (χ0n) is 6.54. The van der Waals surface area contributed by atoms with Crippen molar-refractivity contribution in [2.45, 2.75) is 25.9 Å². The van der Waals surface area contributed by atoms with Crippen LogP contribution in [-0.4, -0.2) is 23.8 Å². The van der Waals surface area contributed by atoms with Crippen LogP contribution in [0.5, 0.6) is 0 Å². The summed E-state index contributed by atoms with van der Waals surface area (Å²) in [6.07, 6.45) is 3.26. The van der Waals surface area contributed by atoms with Gasteiger partial charge < -0.3 is 9.84 Å². The van der Waals surface area contributed by atoms with Gasteiger partial charge >= 0.3 is 5.97 Å². The summed E-state index contributed by atoms with van der Waals surface area (Å²) in [4.78, 5) is 10.3. The maximum atomic E-state index is 10.3. The number of ether oxygens (including phenoxy) is 1. The lowest BCUT2D eigenvalue weighted by atomic mass is 9.89. The van der Waals surface area contributed by atoms with Gasteiger partial charge in [-0.25, -0.2) is 0 Å². The molecule has 0 amide bonds. The van der Waals surface area contributed by atoms with E-state index in [9.17, 15) is 4.79 Å². The summed E-state index contributed by atoms with van der Waals surface area (Å²) in [5.74, 6) is -0.282. The maximum absolute atomic E-state index is 10.3. The van der Waals surface area contributed by atoms with Crippen molar-refractivity contribution in [2.75, 3.05) is 6.61 Å². The molecule has 1 N–H and O–H groups in total. The molecule has 0 heterocycles. The maximum Gasteiger partial charge on any atom is 0.302 e. The molecule has 1 unspecified atom stereocenters. The fourth-order valence-corrected chi connectivity index (χ4v) is 0.944. The molecule has 0 aromatic heterocycles. The first-order valence-electron chi connectivity index (χ1n) is 3.70. The normalized spacial score (nSPS) is 26.4. The van der Waals surface area contributed by atoms with Crippen LogP contribution in [0.25, 0.3) is 0 Å². The third-order valence-electron chi connectivity index (χ3n) is 1.77. The van der Waals surface area contributed by atoms with Crippen molar-refractivity contribution in [3.05, 3.63) is 11.6 Å². The number of aliphatic hydroxyl groups excluding tert-OH is 1. The van der Waals surface area contributed by atoms with E-state index < -0.39 is 0 Å². The number of carbonyl (C=O) groups is 1. The number of aliphatic hydroxyl groups is 1. The third-order valence-corrected chi connectivity index (χ3v) is 1.77. The van der Waals surface area contributed by atoms with E-state index in [1.165, 1.54) is 6.92 Å². The van der Waals surface area contributed by atoms with Gasteiger partial charge in [-0.2, -0.15) is 0 Å².